The van der Waals surface area contributed by atoms with Gasteiger partial charge in [-0.1, -0.05) is 39.3 Å². The summed E-state index contributed by atoms with van der Waals surface area (Å²) in [5, 5.41) is 8.93. The highest BCUT2D eigenvalue weighted by atomic mass is 35.5. The van der Waals surface area contributed by atoms with Crippen molar-refractivity contribution < 1.29 is 0 Å². The summed E-state index contributed by atoms with van der Waals surface area (Å²) in [6.07, 6.45) is 2.99. The van der Waals surface area contributed by atoms with Crippen LogP contribution in [0.15, 0.2) is 0 Å². The van der Waals surface area contributed by atoms with E-state index in [-0.39, 0.29) is 0 Å². The number of aromatic nitrogens is 2. The van der Waals surface area contributed by atoms with Crippen molar-refractivity contribution in [3.8, 4) is 0 Å². The van der Waals surface area contributed by atoms with Crippen LogP contribution in [-0.4, -0.2) is 22.4 Å². The molecule has 0 saturated carbocycles. The van der Waals surface area contributed by atoms with Gasteiger partial charge in [0.15, 0.2) is 0 Å². The summed E-state index contributed by atoms with van der Waals surface area (Å²) in [6.45, 7) is 9.83. The van der Waals surface area contributed by atoms with Crippen LogP contribution in [0.2, 0.25) is 5.02 Å². The van der Waals surface area contributed by atoms with Crippen LogP contribution < -0.4 is 5.32 Å². The van der Waals surface area contributed by atoms with Gasteiger partial charge in [0.1, 0.15) is 0 Å². The van der Waals surface area contributed by atoms with Crippen molar-refractivity contribution >= 4 is 11.6 Å². The first-order valence-electron chi connectivity index (χ1n) is 6.94. The first-order chi connectivity index (χ1) is 8.51. The van der Waals surface area contributed by atoms with E-state index in [0.717, 1.165) is 42.2 Å². The van der Waals surface area contributed by atoms with Gasteiger partial charge in [0.05, 0.1) is 16.4 Å². The third-order valence-corrected chi connectivity index (χ3v) is 3.81. The molecular formula is C14H26ClN3. The van der Waals surface area contributed by atoms with E-state index in [1.165, 1.54) is 0 Å². The van der Waals surface area contributed by atoms with E-state index in [1.807, 2.05) is 11.7 Å². The zero-order valence-electron chi connectivity index (χ0n) is 12.3. The summed E-state index contributed by atoms with van der Waals surface area (Å²) in [7, 11) is 1.98. The highest BCUT2D eigenvalue weighted by molar-refractivity contribution is 6.31. The lowest BCUT2D eigenvalue weighted by molar-refractivity contribution is 0.390. The second kappa shape index (κ2) is 7.15. The molecule has 0 bridgehead atoms. The third-order valence-electron chi connectivity index (χ3n) is 3.38. The predicted octanol–water partition coefficient (Wildman–Crippen LogP) is 3.20. The van der Waals surface area contributed by atoms with Crippen molar-refractivity contribution in [1.29, 1.82) is 0 Å². The Hall–Kier alpha value is -0.540. The topological polar surface area (TPSA) is 29.9 Å². The molecular weight excluding hydrogens is 246 g/mol. The Morgan fingerprint density at radius 3 is 2.44 bits per heavy atom. The zero-order chi connectivity index (χ0) is 13.7. The van der Waals surface area contributed by atoms with E-state index in [2.05, 4.69) is 38.1 Å². The molecule has 1 unspecified atom stereocenters. The van der Waals surface area contributed by atoms with Crippen LogP contribution >= 0.6 is 11.6 Å². The van der Waals surface area contributed by atoms with E-state index in [1.54, 1.807) is 0 Å². The molecule has 1 atom stereocenters. The van der Waals surface area contributed by atoms with Gasteiger partial charge in [-0.25, -0.2) is 0 Å². The van der Waals surface area contributed by atoms with Crippen molar-refractivity contribution in [2.75, 3.05) is 6.54 Å². The number of halogens is 1. The SMILES string of the molecule is CCCNC(Cc1c(Cl)c(CC)nn1C)C(C)C. The van der Waals surface area contributed by atoms with Gasteiger partial charge in [-0.15, -0.1) is 0 Å². The maximum absolute atomic E-state index is 6.40. The van der Waals surface area contributed by atoms with Crippen LogP contribution in [0.25, 0.3) is 0 Å². The Kier molecular flexibility index (Phi) is 6.16. The van der Waals surface area contributed by atoms with Crippen molar-refractivity contribution in [3.05, 3.63) is 16.4 Å². The summed E-state index contributed by atoms with van der Waals surface area (Å²) in [4.78, 5) is 0. The van der Waals surface area contributed by atoms with E-state index in [0.29, 0.717) is 12.0 Å². The van der Waals surface area contributed by atoms with Gasteiger partial charge < -0.3 is 5.32 Å². The van der Waals surface area contributed by atoms with Gasteiger partial charge in [-0.3, -0.25) is 4.68 Å². The van der Waals surface area contributed by atoms with Crippen LogP contribution in [0.5, 0.6) is 0 Å². The summed E-state index contributed by atoms with van der Waals surface area (Å²) in [5.41, 5.74) is 2.16. The average molecular weight is 272 g/mol. The second-order valence-corrected chi connectivity index (χ2v) is 5.57. The monoisotopic (exact) mass is 271 g/mol. The van der Waals surface area contributed by atoms with E-state index in [4.69, 9.17) is 11.6 Å². The standard InChI is InChI=1S/C14H26ClN3/c1-6-8-16-12(10(3)4)9-13-14(15)11(7-2)17-18(13)5/h10,12,16H,6-9H2,1-5H3. The fourth-order valence-electron chi connectivity index (χ4n) is 2.12. The van der Waals surface area contributed by atoms with Crippen molar-refractivity contribution in [1.82, 2.24) is 15.1 Å². The molecule has 1 heterocycles. The van der Waals surface area contributed by atoms with Gasteiger partial charge in [0.2, 0.25) is 0 Å². The highest BCUT2D eigenvalue weighted by Crippen LogP contribution is 2.23. The number of nitrogens with one attached hydrogen (secondary N) is 1. The average Bonchev–Trinajstić information content (AvgIpc) is 2.60. The first-order valence-corrected chi connectivity index (χ1v) is 7.32. The minimum atomic E-state index is 0.461. The lowest BCUT2D eigenvalue weighted by Crippen LogP contribution is -2.36. The van der Waals surface area contributed by atoms with Gasteiger partial charge in [-0.2, -0.15) is 5.10 Å². The quantitative estimate of drug-likeness (QED) is 0.825. The minimum Gasteiger partial charge on any atom is -0.313 e. The molecule has 3 nitrogen and oxygen atoms in total. The normalized spacial score (nSPS) is 13.3. The number of nitrogens with zero attached hydrogens (tertiary/aromatic N) is 2. The molecule has 1 rings (SSSR count). The van der Waals surface area contributed by atoms with Gasteiger partial charge in [0.25, 0.3) is 0 Å². The van der Waals surface area contributed by atoms with Gasteiger partial charge in [0, 0.05) is 19.5 Å². The molecule has 1 N–H and O–H groups in total. The molecule has 0 amide bonds. The molecule has 0 fully saturated rings. The number of aryl methyl sites for hydroxylation is 2. The molecule has 1 aromatic rings. The fourth-order valence-corrected chi connectivity index (χ4v) is 2.49. The Balaban J connectivity index is 2.83. The Labute approximate surface area is 116 Å². The molecule has 18 heavy (non-hydrogen) atoms. The molecule has 0 saturated heterocycles. The molecule has 0 spiro atoms. The summed E-state index contributed by atoms with van der Waals surface area (Å²) in [5.74, 6) is 0.590. The van der Waals surface area contributed by atoms with Crippen LogP contribution in [0, 0.1) is 5.92 Å². The summed E-state index contributed by atoms with van der Waals surface area (Å²) < 4.78 is 1.93. The second-order valence-electron chi connectivity index (χ2n) is 5.19. The molecule has 0 radical (unpaired) electrons. The van der Waals surface area contributed by atoms with Crippen molar-refractivity contribution in [2.45, 2.75) is 53.0 Å². The molecule has 0 aromatic carbocycles. The van der Waals surface area contributed by atoms with Crippen molar-refractivity contribution in [3.63, 3.8) is 0 Å². The van der Waals surface area contributed by atoms with Gasteiger partial charge in [-0.05, 0) is 25.3 Å². The van der Waals surface area contributed by atoms with Crippen LogP contribution in [-0.2, 0) is 19.9 Å². The maximum Gasteiger partial charge on any atom is 0.0850 e. The predicted molar refractivity (Wildman–Crippen MR) is 78.2 cm³/mol. The molecule has 1 aromatic heterocycles. The smallest absolute Gasteiger partial charge is 0.0850 e. The van der Waals surface area contributed by atoms with Crippen LogP contribution in [0.3, 0.4) is 0 Å². The Morgan fingerprint density at radius 2 is 2.00 bits per heavy atom. The fraction of sp³-hybridized carbons (Fsp3) is 0.786. The van der Waals surface area contributed by atoms with E-state index in [9.17, 15) is 0 Å². The lowest BCUT2D eigenvalue weighted by atomic mass is 9.98. The lowest BCUT2D eigenvalue weighted by Gasteiger charge is -2.22. The number of rotatable bonds is 7. The third kappa shape index (κ3) is 3.72. The van der Waals surface area contributed by atoms with Crippen LogP contribution in [0.4, 0.5) is 0 Å². The maximum atomic E-state index is 6.40. The molecule has 104 valence electrons. The molecule has 4 heteroatoms. The van der Waals surface area contributed by atoms with E-state index >= 15 is 0 Å². The first kappa shape index (κ1) is 15.5. The summed E-state index contributed by atoms with van der Waals surface area (Å²) in [6, 6.07) is 0.461. The number of hydrogen-bond donors (Lipinski definition) is 1. The molecule has 0 aliphatic carbocycles. The Bertz CT molecular complexity index is 371. The van der Waals surface area contributed by atoms with Gasteiger partial charge >= 0.3 is 0 Å². The minimum absolute atomic E-state index is 0.461. The largest absolute Gasteiger partial charge is 0.313 e. The molecule has 0 aliphatic heterocycles. The van der Waals surface area contributed by atoms with Crippen LogP contribution in [0.1, 0.15) is 45.5 Å². The number of hydrogen-bond acceptors (Lipinski definition) is 2. The summed E-state index contributed by atoms with van der Waals surface area (Å²) >= 11 is 6.40. The van der Waals surface area contributed by atoms with Crippen molar-refractivity contribution in [2.24, 2.45) is 13.0 Å². The highest BCUT2D eigenvalue weighted by Gasteiger charge is 2.19. The van der Waals surface area contributed by atoms with E-state index < -0.39 is 0 Å². The molecule has 0 aliphatic rings. The zero-order valence-corrected chi connectivity index (χ0v) is 13.0. The Morgan fingerprint density at radius 1 is 1.33 bits per heavy atom.